The third-order valence-electron chi connectivity index (χ3n) is 3.94. The molecule has 0 aliphatic rings. The molecule has 28 heavy (non-hydrogen) atoms. The van der Waals surface area contributed by atoms with Crippen molar-refractivity contribution < 1.29 is 30.4 Å². The van der Waals surface area contributed by atoms with E-state index in [-0.39, 0.29) is 16.9 Å². The molecular formula is C18H13F5N2O2S. The molecular weight excluding hydrogens is 403 g/mol. The van der Waals surface area contributed by atoms with Gasteiger partial charge in [-0.15, -0.1) is 0 Å². The number of aryl methyl sites for hydroxylation is 1. The van der Waals surface area contributed by atoms with E-state index in [1.54, 1.807) is 19.1 Å². The van der Waals surface area contributed by atoms with Crippen molar-refractivity contribution in [3.8, 4) is 16.9 Å². The molecule has 0 atom stereocenters. The van der Waals surface area contributed by atoms with E-state index in [2.05, 4.69) is 5.10 Å². The normalized spacial score (nSPS) is 12.4. The van der Waals surface area contributed by atoms with E-state index in [0.29, 0.717) is 24.5 Å². The highest BCUT2D eigenvalue weighted by Gasteiger charge is 2.35. The molecule has 1 aromatic heterocycles. The van der Waals surface area contributed by atoms with Gasteiger partial charge in [0.25, 0.3) is 0 Å². The van der Waals surface area contributed by atoms with Crippen molar-refractivity contribution in [1.82, 2.24) is 9.78 Å². The highest BCUT2D eigenvalue weighted by Crippen LogP contribution is 2.34. The fourth-order valence-corrected chi connectivity index (χ4v) is 3.50. The molecule has 0 aliphatic heterocycles. The summed E-state index contributed by atoms with van der Waals surface area (Å²) >= 11 is 0. The molecule has 0 aliphatic carbocycles. The van der Waals surface area contributed by atoms with Crippen LogP contribution in [0.5, 0.6) is 0 Å². The van der Waals surface area contributed by atoms with Crippen molar-refractivity contribution in [3.05, 3.63) is 65.4 Å². The van der Waals surface area contributed by atoms with Gasteiger partial charge < -0.3 is 0 Å². The maximum Gasteiger partial charge on any atom is 0.435 e. The molecule has 0 saturated heterocycles. The summed E-state index contributed by atoms with van der Waals surface area (Å²) in [6, 6.07) is 8.27. The Labute approximate surface area is 157 Å². The predicted octanol–water partition coefficient (Wildman–Crippen LogP) is 4.55. The summed E-state index contributed by atoms with van der Waals surface area (Å²) in [5.74, 6) is -2.80. The van der Waals surface area contributed by atoms with Gasteiger partial charge in [0.15, 0.2) is 15.5 Å². The lowest BCUT2D eigenvalue weighted by molar-refractivity contribution is -0.141. The number of hydrogen-bond acceptors (Lipinski definition) is 3. The Balaban J connectivity index is 2.27. The Bertz CT molecular complexity index is 1130. The topological polar surface area (TPSA) is 52.0 Å². The Hall–Kier alpha value is -2.75. The zero-order chi connectivity index (χ0) is 20.9. The number of hydrogen-bond donors (Lipinski definition) is 0. The number of benzene rings is 2. The molecule has 1 heterocycles. The third kappa shape index (κ3) is 3.77. The standard InChI is InChI=1S/C18H13F5N2O2S/c1-10-3-5-12(6-4-10)25-15(9-16(24-25)18(21,22)23)11-7-13(19)17(14(20)8-11)28(2,26)27/h3-9H,1-2H3. The number of sulfone groups is 1. The van der Waals surface area contributed by atoms with Crippen LogP contribution in [-0.4, -0.2) is 24.5 Å². The molecule has 10 heteroatoms. The van der Waals surface area contributed by atoms with E-state index in [4.69, 9.17) is 0 Å². The first-order chi connectivity index (χ1) is 12.9. The minimum atomic E-state index is -4.78. The average Bonchev–Trinajstić information content (AvgIpc) is 2.99. The van der Waals surface area contributed by atoms with Crippen LogP contribution < -0.4 is 0 Å². The van der Waals surface area contributed by atoms with E-state index in [1.807, 2.05) is 0 Å². The maximum atomic E-state index is 14.2. The van der Waals surface area contributed by atoms with Crippen molar-refractivity contribution in [2.75, 3.05) is 6.26 Å². The summed E-state index contributed by atoms with van der Waals surface area (Å²) in [5, 5.41) is 3.52. The third-order valence-corrected chi connectivity index (χ3v) is 5.07. The van der Waals surface area contributed by atoms with Crippen LogP contribution in [0.4, 0.5) is 22.0 Å². The maximum absolute atomic E-state index is 14.2. The lowest BCUT2D eigenvalue weighted by Crippen LogP contribution is -2.07. The van der Waals surface area contributed by atoms with E-state index in [9.17, 15) is 30.4 Å². The largest absolute Gasteiger partial charge is 0.435 e. The second-order valence-corrected chi connectivity index (χ2v) is 8.15. The van der Waals surface area contributed by atoms with Gasteiger partial charge in [-0.1, -0.05) is 17.7 Å². The van der Waals surface area contributed by atoms with Crippen LogP contribution in [0.1, 0.15) is 11.3 Å². The van der Waals surface area contributed by atoms with Gasteiger partial charge in [-0.05, 0) is 37.3 Å². The lowest BCUT2D eigenvalue weighted by Gasteiger charge is -2.10. The van der Waals surface area contributed by atoms with Gasteiger partial charge >= 0.3 is 6.18 Å². The minimum absolute atomic E-state index is 0.240. The molecule has 0 unspecified atom stereocenters. The smallest absolute Gasteiger partial charge is 0.233 e. The SMILES string of the molecule is Cc1ccc(-n2nc(C(F)(F)F)cc2-c2cc(F)c(S(C)(=O)=O)c(F)c2)cc1. The van der Waals surface area contributed by atoms with Gasteiger partial charge in [-0.3, -0.25) is 0 Å². The van der Waals surface area contributed by atoms with Gasteiger partial charge in [0.2, 0.25) is 0 Å². The Kier molecular flexibility index (Phi) is 4.78. The Morgan fingerprint density at radius 1 is 0.964 bits per heavy atom. The van der Waals surface area contributed by atoms with E-state index in [1.165, 1.54) is 12.1 Å². The van der Waals surface area contributed by atoms with Crippen molar-refractivity contribution >= 4 is 9.84 Å². The Morgan fingerprint density at radius 3 is 1.96 bits per heavy atom. The summed E-state index contributed by atoms with van der Waals surface area (Å²) in [6.07, 6.45) is -4.15. The molecule has 0 saturated carbocycles. The number of aromatic nitrogens is 2. The summed E-state index contributed by atoms with van der Waals surface area (Å²) in [4.78, 5) is -1.14. The van der Waals surface area contributed by atoms with Crippen LogP contribution >= 0.6 is 0 Å². The minimum Gasteiger partial charge on any atom is -0.233 e. The highest BCUT2D eigenvalue weighted by atomic mass is 32.2. The van der Waals surface area contributed by atoms with Crippen LogP contribution in [0.2, 0.25) is 0 Å². The molecule has 0 fully saturated rings. The van der Waals surface area contributed by atoms with Gasteiger partial charge in [0, 0.05) is 11.8 Å². The molecule has 3 rings (SSSR count). The summed E-state index contributed by atoms with van der Waals surface area (Å²) in [5.41, 5.74) is -0.691. The Morgan fingerprint density at radius 2 is 1.50 bits per heavy atom. The number of halogens is 5. The average molecular weight is 416 g/mol. The fraction of sp³-hybridized carbons (Fsp3) is 0.167. The summed E-state index contributed by atoms with van der Waals surface area (Å²) < 4.78 is 91.9. The molecule has 2 aromatic carbocycles. The van der Waals surface area contributed by atoms with Crippen molar-refractivity contribution in [2.24, 2.45) is 0 Å². The van der Waals surface area contributed by atoms with Gasteiger partial charge in [-0.25, -0.2) is 21.9 Å². The van der Waals surface area contributed by atoms with Crippen LogP contribution in [0.25, 0.3) is 16.9 Å². The monoisotopic (exact) mass is 416 g/mol. The molecule has 3 aromatic rings. The zero-order valence-electron chi connectivity index (χ0n) is 14.6. The van der Waals surface area contributed by atoms with Crippen LogP contribution in [0.15, 0.2) is 47.4 Å². The predicted molar refractivity (Wildman–Crippen MR) is 91.8 cm³/mol. The first-order valence-electron chi connectivity index (χ1n) is 7.81. The molecule has 0 N–H and O–H groups in total. The van der Waals surface area contributed by atoms with Crippen LogP contribution in [-0.2, 0) is 16.0 Å². The van der Waals surface area contributed by atoms with Crippen LogP contribution in [0.3, 0.4) is 0 Å². The fourth-order valence-electron chi connectivity index (χ4n) is 2.67. The van der Waals surface area contributed by atoms with E-state index >= 15 is 0 Å². The zero-order valence-corrected chi connectivity index (χ0v) is 15.4. The molecule has 0 radical (unpaired) electrons. The molecule has 4 nitrogen and oxygen atoms in total. The van der Waals surface area contributed by atoms with Gasteiger partial charge in [0.1, 0.15) is 16.5 Å². The van der Waals surface area contributed by atoms with Crippen molar-refractivity contribution in [3.63, 3.8) is 0 Å². The van der Waals surface area contributed by atoms with Crippen molar-refractivity contribution in [1.29, 1.82) is 0 Å². The van der Waals surface area contributed by atoms with Crippen LogP contribution in [0, 0.1) is 18.6 Å². The second kappa shape index (κ2) is 6.69. The number of rotatable bonds is 3. The second-order valence-electron chi connectivity index (χ2n) is 6.20. The quantitative estimate of drug-likeness (QED) is 0.589. The number of nitrogens with zero attached hydrogens (tertiary/aromatic N) is 2. The van der Waals surface area contributed by atoms with Crippen molar-refractivity contribution in [2.45, 2.75) is 18.0 Å². The van der Waals surface area contributed by atoms with E-state index in [0.717, 1.165) is 10.2 Å². The lowest BCUT2D eigenvalue weighted by atomic mass is 10.1. The first-order valence-corrected chi connectivity index (χ1v) is 9.71. The highest BCUT2D eigenvalue weighted by molar-refractivity contribution is 7.90. The number of alkyl halides is 3. The molecule has 0 bridgehead atoms. The summed E-state index contributed by atoms with van der Waals surface area (Å²) in [6.45, 7) is 1.78. The molecule has 148 valence electrons. The first kappa shape index (κ1) is 20.0. The van der Waals surface area contributed by atoms with E-state index < -0.39 is 38.2 Å². The molecule has 0 spiro atoms. The van der Waals surface area contributed by atoms with Gasteiger partial charge in [-0.2, -0.15) is 18.3 Å². The molecule has 0 amide bonds. The summed E-state index contributed by atoms with van der Waals surface area (Å²) in [7, 11) is -4.20. The van der Waals surface area contributed by atoms with Gasteiger partial charge in [0.05, 0.1) is 11.4 Å².